The Labute approximate surface area is 160 Å². The number of aromatic nitrogens is 3. The lowest BCUT2D eigenvalue weighted by Gasteiger charge is -2.32. The summed E-state index contributed by atoms with van der Waals surface area (Å²) in [5.74, 6) is 2.34. The lowest BCUT2D eigenvalue weighted by Crippen LogP contribution is -2.38. The number of hydrogen-bond acceptors (Lipinski definition) is 5. The number of rotatable bonds is 5. The molecule has 0 aliphatic carbocycles. The molecule has 3 rings (SSSR count). The van der Waals surface area contributed by atoms with Crippen LogP contribution >= 0.6 is 0 Å². The van der Waals surface area contributed by atoms with E-state index in [4.69, 9.17) is 5.26 Å². The average Bonchev–Trinajstić information content (AvgIpc) is 3.09. The van der Waals surface area contributed by atoms with Crippen LogP contribution in [-0.4, -0.2) is 57.7 Å². The topological polar surface area (TPSA) is 78.1 Å². The van der Waals surface area contributed by atoms with Gasteiger partial charge < -0.3 is 14.4 Å². The molecule has 1 aromatic heterocycles. The van der Waals surface area contributed by atoms with Gasteiger partial charge in [-0.15, -0.1) is 10.2 Å². The quantitative estimate of drug-likeness (QED) is 0.811. The molecule has 0 N–H and O–H groups in total. The van der Waals surface area contributed by atoms with E-state index >= 15 is 0 Å². The van der Waals surface area contributed by atoms with Gasteiger partial charge in [0.1, 0.15) is 11.6 Å². The van der Waals surface area contributed by atoms with E-state index in [0.29, 0.717) is 30.1 Å². The summed E-state index contributed by atoms with van der Waals surface area (Å²) in [6.07, 6.45) is 1.76. The Morgan fingerprint density at radius 3 is 2.67 bits per heavy atom. The second-order valence-electron chi connectivity index (χ2n) is 7.22. The second-order valence-corrected chi connectivity index (χ2v) is 7.22. The molecule has 7 heteroatoms. The zero-order chi connectivity index (χ0) is 19.4. The molecule has 1 aromatic carbocycles. The monoisotopic (exact) mass is 366 g/mol. The smallest absolute Gasteiger partial charge is 0.253 e. The van der Waals surface area contributed by atoms with Crippen LogP contribution in [0.5, 0.6) is 0 Å². The van der Waals surface area contributed by atoms with E-state index in [-0.39, 0.29) is 5.91 Å². The maximum absolute atomic E-state index is 12.7. The van der Waals surface area contributed by atoms with Crippen molar-refractivity contribution < 1.29 is 4.79 Å². The van der Waals surface area contributed by atoms with Crippen molar-refractivity contribution in [2.75, 3.05) is 27.2 Å². The van der Waals surface area contributed by atoms with Gasteiger partial charge in [-0.1, -0.05) is 6.07 Å². The summed E-state index contributed by atoms with van der Waals surface area (Å²) in [6, 6.07) is 9.00. The number of likely N-dealkylation sites (tertiary alicyclic amines) is 1. The molecule has 7 nitrogen and oxygen atoms in total. The van der Waals surface area contributed by atoms with Gasteiger partial charge in [-0.2, -0.15) is 5.26 Å². The molecule has 2 aromatic rings. The zero-order valence-corrected chi connectivity index (χ0v) is 16.2. The van der Waals surface area contributed by atoms with Crippen molar-refractivity contribution in [3.63, 3.8) is 0 Å². The van der Waals surface area contributed by atoms with Crippen LogP contribution in [0.15, 0.2) is 24.3 Å². The number of piperidine rings is 1. The number of carbonyl (C=O) groups is 1. The summed E-state index contributed by atoms with van der Waals surface area (Å²) < 4.78 is 2.21. The largest absolute Gasteiger partial charge is 0.339 e. The van der Waals surface area contributed by atoms with Gasteiger partial charge in [0.2, 0.25) is 0 Å². The van der Waals surface area contributed by atoms with Crippen LogP contribution in [0.4, 0.5) is 0 Å². The molecule has 0 bridgehead atoms. The van der Waals surface area contributed by atoms with Gasteiger partial charge in [-0.25, -0.2) is 0 Å². The van der Waals surface area contributed by atoms with Gasteiger partial charge in [0.15, 0.2) is 0 Å². The second kappa shape index (κ2) is 8.31. The molecule has 2 heterocycles. The first-order valence-corrected chi connectivity index (χ1v) is 9.39. The third-order valence-corrected chi connectivity index (χ3v) is 5.02. The molecular formula is C20H26N6O. The van der Waals surface area contributed by atoms with Gasteiger partial charge in [-0.05, 0) is 52.1 Å². The highest BCUT2D eigenvalue weighted by molar-refractivity contribution is 5.94. The Morgan fingerprint density at radius 2 is 2.04 bits per heavy atom. The Morgan fingerprint density at radius 1 is 1.30 bits per heavy atom. The zero-order valence-electron chi connectivity index (χ0n) is 16.2. The van der Waals surface area contributed by atoms with E-state index in [9.17, 15) is 4.79 Å². The molecule has 0 saturated carbocycles. The highest BCUT2D eigenvalue weighted by Crippen LogP contribution is 2.28. The molecule has 0 atom stereocenters. The molecule has 0 unspecified atom stereocenters. The molecule has 0 radical (unpaired) electrons. The first-order chi connectivity index (χ1) is 13.0. The molecule has 0 spiro atoms. The van der Waals surface area contributed by atoms with Gasteiger partial charge in [0.25, 0.3) is 5.91 Å². The van der Waals surface area contributed by atoms with Crippen LogP contribution in [0.3, 0.4) is 0 Å². The molecule has 1 aliphatic heterocycles. The predicted octanol–water partition coefficient (Wildman–Crippen LogP) is 2.25. The maximum atomic E-state index is 12.7. The van der Waals surface area contributed by atoms with E-state index in [0.717, 1.165) is 37.6 Å². The first kappa shape index (κ1) is 19.1. The van der Waals surface area contributed by atoms with Crippen LogP contribution in [0.1, 0.15) is 53.3 Å². The minimum atomic E-state index is -0.00388. The highest BCUT2D eigenvalue weighted by atomic mass is 16.2. The fourth-order valence-corrected chi connectivity index (χ4v) is 3.64. The molecular weight excluding hydrogens is 340 g/mol. The average molecular weight is 366 g/mol. The summed E-state index contributed by atoms with van der Waals surface area (Å²) in [6.45, 7) is 5.13. The third-order valence-electron chi connectivity index (χ3n) is 5.02. The lowest BCUT2D eigenvalue weighted by atomic mass is 9.95. The Bertz CT molecular complexity index is 842. The molecule has 1 saturated heterocycles. The van der Waals surface area contributed by atoms with E-state index in [1.54, 1.807) is 24.3 Å². The van der Waals surface area contributed by atoms with Crippen molar-refractivity contribution in [1.29, 1.82) is 5.26 Å². The van der Waals surface area contributed by atoms with Crippen LogP contribution in [0.2, 0.25) is 0 Å². The summed E-state index contributed by atoms with van der Waals surface area (Å²) >= 11 is 0. The number of carbonyl (C=O) groups excluding carboxylic acids is 1. The molecule has 1 aliphatic rings. The van der Waals surface area contributed by atoms with Gasteiger partial charge in [-0.3, -0.25) is 4.79 Å². The number of benzene rings is 1. The van der Waals surface area contributed by atoms with Crippen LogP contribution in [0.25, 0.3) is 0 Å². The minimum absolute atomic E-state index is 0.00388. The SMILES string of the molecule is CCn1c(CN(C)C)nnc1C1CCN(C(=O)c2cccc(C#N)c2)CC1. The minimum Gasteiger partial charge on any atom is -0.339 e. The number of nitrogens with zero attached hydrogens (tertiary/aromatic N) is 6. The fraction of sp³-hybridized carbons (Fsp3) is 0.500. The predicted molar refractivity (Wildman–Crippen MR) is 102 cm³/mol. The summed E-state index contributed by atoms with van der Waals surface area (Å²) in [4.78, 5) is 16.7. The molecule has 1 fully saturated rings. The van der Waals surface area contributed by atoms with Crippen molar-refractivity contribution in [3.8, 4) is 6.07 Å². The van der Waals surface area contributed by atoms with Crippen molar-refractivity contribution in [1.82, 2.24) is 24.6 Å². The van der Waals surface area contributed by atoms with Crippen molar-refractivity contribution >= 4 is 5.91 Å². The maximum Gasteiger partial charge on any atom is 0.253 e. The van der Waals surface area contributed by atoms with E-state index < -0.39 is 0 Å². The fourth-order valence-electron chi connectivity index (χ4n) is 3.64. The van der Waals surface area contributed by atoms with E-state index in [1.807, 2.05) is 19.0 Å². The molecule has 1 amide bonds. The van der Waals surface area contributed by atoms with Gasteiger partial charge >= 0.3 is 0 Å². The summed E-state index contributed by atoms with van der Waals surface area (Å²) in [7, 11) is 4.06. The Balaban J connectivity index is 1.68. The first-order valence-electron chi connectivity index (χ1n) is 9.39. The van der Waals surface area contributed by atoms with Crippen molar-refractivity contribution in [2.24, 2.45) is 0 Å². The van der Waals surface area contributed by atoms with E-state index in [1.165, 1.54) is 0 Å². The Kier molecular flexibility index (Phi) is 5.87. The van der Waals surface area contributed by atoms with Crippen molar-refractivity contribution in [2.45, 2.75) is 38.8 Å². The van der Waals surface area contributed by atoms with Gasteiger partial charge in [0.05, 0.1) is 18.2 Å². The van der Waals surface area contributed by atoms with Crippen LogP contribution in [0, 0.1) is 11.3 Å². The summed E-state index contributed by atoms with van der Waals surface area (Å²) in [5, 5.41) is 17.9. The number of hydrogen-bond donors (Lipinski definition) is 0. The summed E-state index contributed by atoms with van der Waals surface area (Å²) in [5.41, 5.74) is 1.10. The van der Waals surface area contributed by atoms with Crippen LogP contribution < -0.4 is 0 Å². The molecule has 142 valence electrons. The Hall–Kier alpha value is -2.72. The van der Waals surface area contributed by atoms with Crippen molar-refractivity contribution in [3.05, 3.63) is 47.0 Å². The van der Waals surface area contributed by atoms with E-state index in [2.05, 4.69) is 32.7 Å². The normalized spacial score (nSPS) is 15.1. The third kappa shape index (κ3) is 4.17. The number of nitriles is 1. The highest BCUT2D eigenvalue weighted by Gasteiger charge is 2.28. The standard InChI is InChI=1S/C20H26N6O/c1-4-26-18(14-24(2)3)22-23-19(26)16-8-10-25(11-9-16)20(27)17-7-5-6-15(12-17)13-21/h5-7,12,16H,4,8-11,14H2,1-3H3. The van der Waals surface area contributed by atoms with Gasteiger partial charge in [0, 0.05) is 31.1 Å². The van der Waals surface area contributed by atoms with Crippen LogP contribution in [-0.2, 0) is 13.1 Å². The molecule has 27 heavy (non-hydrogen) atoms. The number of amides is 1. The lowest BCUT2D eigenvalue weighted by molar-refractivity contribution is 0.0710.